The van der Waals surface area contributed by atoms with Crippen molar-refractivity contribution in [1.29, 1.82) is 0 Å². The lowest BCUT2D eigenvalue weighted by molar-refractivity contribution is -0.137. The summed E-state index contributed by atoms with van der Waals surface area (Å²) in [5.74, 6) is 5.86. The first kappa shape index (κ1) is 25.5. The number of unbranched alkanes of at least 4 members (excludes halogenated alkanes) is 4. The largest absolute Gasteiger partial charge is 0.416 e. The maximum Gasteiger partial charge on any atom is 0.416 e. The van der Waals surface area contributed by atoms with Crippen LogP contribution in [0.25, 0.3) is 21.9 Å². The van der Waals surface area contributed by atoms with Gasteiger partial charge in [0.2, 0.25) is 0 Å². The van der Waals surface area contributed by atoms with E-state index >= 15 is 4.39 Å². The quantitative estimate of drug-likeness (QED) is 0.138. The standard InChI is InChI=1S/C32H28F4/c1-2-3-4-5-6-7-23-8-10-24(11-9-23)12-13-25-14-20-30-27(22-25)17-21-29(31(30)33)26-15-18-28(19-16-26)32(34,35)36/h8-11,14-22H,2-7H2,1H3. The summed E-state index contributed by atoms with van der Waals surface area (Å²) < 4.78 is 53.7. The van der Waals surface area contributed by atoms with E-state index in [1.807, 2.05) is 18.2 Å². The predicted octanol–water partition coefficient (Wildman–Crippen LogP) is 9.58. The Labute approximate surface area is 210 Å². The molecular weight excluding hydrogens is 460 g/mol. The first-order valence-corrected chi connectivity index (χ1v) is 12.4. The van der Waals surface area contributed by atoms with Crippen molar-refractivity contribution < 1.29 is 17.6 Å². The van der Waals surface area contributed by atoms with Gasteiger partial charge in [0.1, 0.15) is 5.82 Å². The molecule has 0 spiro atoms. The molecule has 0 aliphatic heterocycles. The monoisotopic (exact) mass is 488 g/mol. The molecule has 4 aromatic rings. The van der Waals surface area contributed by atoms with Gasteiger partial charge in [-0.05, 0) is 65.8 Å². The van der Waals surface area contributed by atoms with Crippen LogP contribution < -0.4 is 0 Å². The molecule has 0 atom stereocenters. The summed E-state index contributed by atoms with van der Waals surface area (Å²) >= 11 is 0. The zero-order valence-corrected chi connectivity index (χ0v) is 20.3. The van der Waals surface area contributed by atoms with Crippen molar-refractivity contribution >= 4 is 10.8 Å². The van der Waals surface area contributed by atoms with Gasteiger partial charge in [0.15, 0.2) is 0 Å². The molecule has 0 aliphatic rings. The van der Waals surface area contributed by atoms with E-state index in [9.17, 15) is 13.2 Å². The number of fused-ring (bicyclic) bond motifs is 1. The summed E-state index contributed by atoms with van der Waals surface area (Å²) in [5, 5.41) is 1.09. The maximum absolute atomic E-state index is 15.2. The van der Waals surface area contributed by atoms with Crippen LogP contribution in [0.1, 0.15) is 61.3 Å². The van der Waals surface area contributed by atoms with Crippen LogP contribution in [0, 0.1) is 17.7 Å². The van der Waals surface area contributed by atoms with Crippen molar-refractivity contribution in [3.05, 3.63) is 107 Å². The Morgan fingerprint density at radius 3 is 2.06 bits per heavy atom. The summed E-state index contributed by atoms with van der Waals surface area (Å²) in [6.45, 7) is 2.22. The summed E-state index contributed by atoms with van der Waals surface area (Å²) in [6, 6.07) is 21.5. The summed E-state index contributed by atoms with van der Waals surface area (Å²) in [6.07, 6.45) is 2.99. The van der Waals surface area contributed by atoms with Crippen LogP contribution >= 0.6 is 0 Å². The Morgan fingerprint density at radius 1 is 0.694 bits per heavy atom. The molecule has 0 radical (unpaired) electrons. The van der Waals surface area contributed by atoms with Gasteiger partial charge in [-0.15, -0.1) is 0 Å². The van der Waals surface area contributed by atoms with E-state index in [0.717, 1.165) is 29.7 Å². The second-order valence-electron chi connectivity index (χ2n) is 9.05. The highest BCUT2D eigenvalue weighted by Gasteiger charge is 2.30. The van der Waals surface area contributed by atoms with Crippen molar-refractivity contribution in [2.45, 2.75) is 51.6 Å². The van der Waals surface area contributed by atoms with E-state index in [1.165, 1.54) is 49.8 Å². The van der Waals surface area contributed by atoms with Crippen LogP contribution in [0.3, 0.4) is 0 Å². The Hall–Kier alpha value is -3.58. The minimum absolute atomic E-state index is 0.264. The predicted molar refractivity (Wildman–Crippen MR) is 139 cm³/mol. The number of rotatable bonds is 7. The second kappa shape index (κ2) is 11.4. The van der Waals surface area contributed by atoms with E-state index in [-0.39, 0.29) is 5.56 Å². The third-order valence-electron chi connectivity index (χ3n) is 6.35. The molecule has 4 rings (SSSR count). The fourth-order valence-electron chi connectivity index (χ4n) is 4.26. The molecule has 0 fully saturated rings. The molecule has 0 unspecified atom stereocenters. The van der Waals surface area contributed by atoms with Crippen molar-refractivity contribution in [3.63, 3.8) is 0 Å². The molecule has 184 valence electrons. The van der Waals surface area contributed by atoms with Crippen molar-refractivity contribution in [2.75, 3.05) is 0 Å². The fourth-order valence-corrected chi connectivity index (χ4v) is 4.26. The average molecular weight is 489 g/mol. The van der Waals surface area contributed by atoms with E-state index < -0.39 is 17.6 Å². The van der Waals surface area contributed by atoms with E-state index in [0.29, 0.717) is 16.3 Å². The van der Waals surface area contributed by atoms with Crippen LogP contribution in [0.4, 0.5) is 17.6 Å². The molecule has 0 heterocycles. The van der Waals surface area contributed by atoms with Crippen LogP contribution in [0.5, 0.6) is 0 Å². The van der Waals surface area contributed by atoms with Crippen LogP contribution in [0.15, 0.2) is 78.9 Å². The van der Waals surface area contributed by atoms with Crippen LogP contribution in [-0.2, 0) is 12.6 Å². The zero-order chi connectivity index (χ0) is 25.5. The van der Waals surface area contributed by atoms with Crippen molar-refractivity contribution in [2.24, 2.45) is 0 Å². The number of alkyl halides is 3. The minimum Gasteiger partial charge on any atom is -0.206 e. The van der Waals surface area contributed by atoms with Crippen LogP contribution in [-0.4, -0.2) is 0 Å². The van der Waals surface area contributed by atoms with Gasteiger partial charge in [-0.3, -0.25) is 0 Å². The molecule has 0 saturated heterocycles. The molecule has 4 aromatic carbocycles. The number of hydrogen-bond donors (Lipinski definition) is 0. The fraction of sp³-hybridized carbons (Fsp3) is 0.250. The maximum atomic E-state index is 15.2. The summed E-state index contributed by atoms with van der Waals surface area (Å²) in [5.41, 5.74) is 2.92. The molecular formula is C32H28F4. The lowest BCUT2D eigenvalue weighted by Gasteiger charge is -2.10. The van der Waals surface area contributed by atoms with Gasteiger partial charge in [0, 0.05) is 22.1 Å². The number of benzene rings is 4. The van der Waals surface area contributed by atoms with Gasteiger partial charge in [-0.25, -0.2) is 4.39 Å². The topological polar surface area (TPSA) is 0 Å². The van der Waals surface area contributed by atoms with Gasteiger partial charge in [0.05, 0.1) is 5.56 Å². The van der Waals surface area contributed by atoms with E-state index in [2.05, 4.69) is 30.9 Å². The van der Waals surface area contributed by atoms with Gasteiger partial charge < -0.3 is 0 Å². The average Bonchev–Trinajstić information content (AvgIpc) is 2.88. The highest BCUT2D eigenvalue weighted by atomic mass is 19.4. The SMILES string of the molecule is CCCCCCCc1ccc(C#Cc2ccc3c(F)c(-c4ccc(C(F)(F)F)cc4)ccc3c2)cc1. The number of halogens is 4. The Balaban J connectivity index is 1.47. The molecule has 0 amide bonds. The van der Waals surface area contributed by atoms with Gasteiger partial charge in [-0.1, -0.05) is 86.9 Å². The van der Waals surface area contributed by atoms with E-state index in [4.69, 9.17) is 0 Å². The summed E-state index contributed by atoms with van der Waals surface area (Å²) in [4.78, 5) is 0. The molecule has 0 nitrogen and oxygen atoms in total. The van der Waals surface area contributed by atoms with Gasteiger partial charge in [-0.2, -0.15) is 13.2 Å². The molecule has 0 saturated carbocycles. The van der Waals surface area contributed by atoms with Crippen molar-refractivity contribution in [1.82, 2.24) is 0 Å². The number of aryl methyl sites for hydroxylation is 1. The lowest BCUT2D eigenvalue weighted by Crippen LogP contribution is -2.04. The number of hydrogen-bond acceptors (Lipinski definition) is 0. The molecule has 0 aliphatic carbocycles. The van der Waals surface area contributed by atoms with E-state index in [1.54, 1.807) is 24.3 Å². The zero-order valence-electron chi connectivity index (χ0n) is 20.3. The lowest BCUT2D eigenvalue weighted by atomic mass is 9.98. The van der Waals surface area contributed by atoms with Crippen molar-refractivity contribution in [3.8, 4) is 23.0 Å². The first-order chi connectivity index (χ1) is 17.3. The van der Waals surface area contributed by atoms with Gasteiger partial charge in [0.25, 0.3) is 0 Å². The molecule has 4 heteroatoms. The summed E-state index contributed by atoms with van der Waals surface area (Å²) in [7, 11) is 0. The smallest absolute Gasteiger partial charge is 0.206 e. The van der Waals surface area contributed by atoms with Crippen LogP contribution in [0.2, 0.25) is 0 Å². The molecule has 0 N–H and O–H groups in total. The third-order valence-corrected chi connectivity index (χ3v) is 6.35. The van der Waals surface area contributed by atoms with Gasteiger partial charge >= 0.3 is 6.18 Å². The highest BCUT2D eigenvalue weighted by Crippen LogP contribution is 2.33. The Bertz CT molecular complexity index is 1370. The first-order valence-electron chi connectivity index (χ1n) is 12.4. The minimum atomic E-state index is -4.42. The normalized spacial score (nSPS) is 11.4. The molecule has 0 aromatic heterocycles. The Morgan fingerprint density at radius 2 is 1.36 bits per heavy atom. The molecule has 36 heavy (non-hydrogen) atoms. The highest BCUT2D eigenvalue weighted by molar-refractivity contribution is 5.89. The Kier molecular flexibility index (Phi) is 8.10. The molecule has 0 bridgehead atoms. The second-order valence-corrected chi connectivity index (χ2v) is 9.05. The third kappa shape index (κ3) is 6.34.